The van der Waals surface area contributed by atoms with E-state index in [-0.39, 0.29) is 5.78 Å². The highest BCUT2D eigenvalue weighted by Crippen LogP contribution is 2.40. The quantitative estimate of drug-likeness (QED) is 0.164. The van der Waals surface area contributed by atoms with Gasteiger partial charge in [-0.15, -0.1) is 0 Å². The summed E-state index contributed by atoms with van der Waals surface area (Å²) < 4.78 is 1.92. The van der Waals surface area contributed by atoms with E-state index in [0.29, 0.717) is 23.7 Å². The van der Waals surface area contributed by atoms with Gasteiger partial charge in [0.25, 0.3) is 5.24 Å². The van der Waals surface area contributed by atoms with Gasteiger partial charge in [-0.2, -0.15) is 0 Å². The van der Waals surface area contributed by atoms with E-state index in [4.69, 9.17) is 17.3 Å². The average Bonchev–Trinajstić information content (AvgIpc) is 3.84. The third kappa shape index (κ3) is 9.67. The molecule has 0 bridgehead atoms. The lowest BCUT2D eigenvalue weighted by molar-refractivity contribution is 0.0991. The predicted molar refractivity (Wildman–Crippen MR) is 163 cm³/mol. The van der Waals surface area contributed by atoms with Gasteiger partial charge in [-0.1, -0.05) is 44.0 Å². The molecule has 0 atom stereocenters. The minimum Gasteiger partial charge on any atom is -0.384 e. The van der Waals surface area contributed by atoms with Crippen LogP contribution in [-0.2, 0) is 6.42 Å². The lowest BCUT2D eigenvalue weighted by atomic mass is 10.0. The molecule has 2 N–H and O–H groups in total. The zero-order valence-electron chi connectivity index (χ0n) is 21.2. The van der Waals surface area contributed by atoms with Crippen molar-refractivity contribution >= 4 is 60.3 Å². The van der Waals surface area contributed by atoms with Gasteiger partial charge in [-0.3, -0.25) is 14.6 Å². The minimum atomic E-state index is -0.424. The predicted octanol–water partition coefficient (Wildman–Crippen LogP) is 8.52. The molecule has 2 saturated carbocycles. The van der Waals surface area contributed by atoms with Crippen molar-refractivity contribution in [1.29, 1.82) is 0 Å². The largest absolute Gasteiger partial charge is 0.384 e. The number of pyridine rings is 2. The fraction of sp³-hybridized carbons (Fsp3) is 0.226. The molecule has 0 spiro atoms. The fourth-order valence-corrected chi connectivity index (χ4v) is 4.54. The number of hydrogen-bond donors (Lipinski definition) is 1. The summed E-state index contributed by atoms with van der Waals surface area (Å²) in [5.41, 5.74) is 10.3. The summed E-state index contributed by atoms with van der Waals surface area (Å²) in [4.78, 5) is 30.9. The van der Waals surface area contributed by atoms with E-state index in [1.807, 2.05) is 42.6 Å². The first-order valence-electron chi connectivity index (χ1n) is 12.7. The SMILES string of the molecule is Nc1cc(C2CC2)ccn1.O=C(Cc1cc(C2CC2)ccn1)c1ccc(Br)cc1.O=C(Cl)c1ccc(Br)cc1. The van der Waals surface area contributed by atoms with Crippen molar-refractivity contribution in [3.63, 3.8) is 0 Å². The second kappa shape index (κ2) is 14.0. The molecule has 4 aromatic rings. The van der Waals surface area contributed by atoms with Gasteiger partial charge < -0.3 is 5.73 Å². The number of nitrogens with zero attached hydrogens (tertiary/aromatic N) is 2. The number of nitrogens with two attached hydrogens (primary N) is 1. The van der Waals surface area contributed by atoms with Crippen molar-refractivity contribution in [3.05, 3.63) is 122 Å². The fourth-order valence-electron chi connectivity index (χ4n) is 3.88. The maximum Gasteiger partial charge on any atom is 0.252 e. The average molecular weight is 670 g/mol. The molecule has 5 nitrogen and oxygen atoms in total. The summed E-state index contributed by atoms with van der Waals surface area (Å²) in [6, 6.07) is 22.5. The molecule has 0 aliphatic heterocycles. The molecule has 2 fully saturated rings. The zero-order valence-corrected chi connectivity index (χ0v) is 25.1. The third-order valence-corrected chi connectivity index (χ3v) is 7.60. The van der Waals surface area contributed by atoms with E-state index in [1.165, 1.54) is 36.8 Å². The van der Waals surface area contributed by atoms with Crippen LogP contribution in [0, 0.1) is 0 Å². The Bertz CT molecular complexity index is 1420. The molecule has 8 heteroatoms. The van der Waals surface area contributed by atoms with Crippen LogP contribution in [0.1, 0.15) is 75.1 Å². The molecule has 2 aromatic heterocycles. The Morgan fingerprint density at radius 2 is 1.23 bits per heavy atom. The van der Waals surface area contributed by atoms with E-state index in [0.717, 1.165) is 26.1 Å². The standard InChI is InChI=1S/C16H14BrNO.C8H10N2.C7H4BrClO/c17-14-5-3-12(4-6-14)16(19)10-15-9-13(7-8-18-15)11-1-2-11;9-8-5-7(3-4-10-8)6-1-2-6;8-6-3-1-5(2-4-6)7(9)10/h3-9,11H,1-2,10H2;3-6H,1-2H2,(H2,9,10);1-4H. The van der Waals surface area contributed by atoms with Gasteiger partial charge in [-0.25, -0.2) is 4.98 Å². The van der Waals surface area contributed by atoms with Crippen LogP contribution in [0.15, 0.2) is 94.1 Å². The summed E-state index contributed by atoms with van der Waals surface area (Å²) >= 11 is 11.8. The van der Waals surface area contributed by atoms with Crippen LogP contribution in [0.4, 0.5) is 5.82 Å². The van der Waals surface area contributed by atoms with E-state index in [1.54, 1.807) is 30.5 Å². The van der Waals surface area contributed by atoms with Crippen LogP contribution in [0.5, 0.6) is 0 Å². The normalized spacial score (nSPS) is 13.8. The molecule has 0 radical (unpaired) electrons. The van der Waals surface area contributed by atoms with Crippen LogP contribution in [0.2, 0.25) is 0 Å². The van der Waals surface area contributed by atoms with E-state index >= 15 is 0 Å². The number of aromatic nitrogens is 2. The third-order valence-electron chi connectivity index (χ3n) is 6.32. The smallest absolute Gasteiger partial charge is 0.252 e. The maximum absolute atomic E-state index is 12.2. The van der Waals surface area contributed by atoms with Crippen molar-refractivity contribution in [3.8, 4) is 0 Å². The van der Waals surface area contributed by atoms with Gasteiger partial charge in [0.05, 0.1) is 6.42 Å². The van der Waals surface area contributed by atoms with Gasteiger partial charge in [0, 0.05) is 38.2 Å². The number of Topliss-reactive ketones (excluding diaryl/α,β-unsaturated/α-hetero) is 1. The van der Waals surface area contributed by atoms with Gasteiger partial charge >= 0.3 is 0 Å². The second-order valence-corrected chi connectivity index (χ2v) is 11.7. The first-order chi connectivity index (χ1) is 18.8. The van der Waals surface area contributed by atoms with Crippen molar-refractivity contribution in [1.82, 2.24) is 9.97 Å². The number of rotatable bonds is 6. The highest BCUT2D eigenvalue weighted by Gasteiger charge is 2.24. The van der Waals surface area contributed by atoms with Crippen molar-refractivity contribution in [2.24, 2.45) is 0 Å². The van der Waals surface area contributed by atoms with Gasteiger partial charge in [0.15, 0.2) is 5.78 Å². The van der Waals surface area contributed by atoms with Crippen LogP contribution >= 0.6 is 43.5 Å². The number of nitrogen functional groups attached to an aromatic ring is 1. The molecule has 0 amide bonds. The van der Waals surface area contributed by atoms with Gasteiger partial charge in [0.1, 0.15) is 5.82 Å². The summed E-state index contributed by atoms with van der Waals surface area (Å²) in [5, 5.41) is -0.424. The molecule has 2 aliphatic rings. The van der Waals surface area contributed by atoms with Crippen LogP contribution in [-0.4, -0.2) is 21.0 Å². The molecule has 2 aromatic carbocycles. The van der Waals surface area contributed by atoms with Crippen LogP contribution < -0.4 is 5.73 Å². The highest BCUT2D eigenvalue weighted by molar-refractivity contribution is 9.10. The molecule has 39 heavy (non-hydrogen) atoms. The molecule has 2 aliphatic carbocycles. The van der Waals surface area contributed by atoms with E-state index < -0.39 is 5.24 Å². The molecule has 0 unspecified atom stereocenters. The topological polar surface area (TPSA) is 85.9 Å². The summed E-state index contributed by atoms with van der Waals surface area (Å²) in [7, 11) is 0. The number of carbonyl (C=O) groups excluding carboxylic acids is 2. The minimum absolute atomic E-state index is 0.118. The Balaban J connectivity index is 0.000000149. The molecule has 200 valence electrons. The Morgan fingerprint density at radius 3 is 1.72 bits per heavy atom. The Labute approximate surface area is 250 Å². The lowest BCUT2D eigenvalue weighted by Gasteiger charge is -2.03. The van der Waals surface area contributed by atoms with Crippen molar-refractivity contribution in [2.45, 2.75) is 43.9 Å². The number of benzene rings is 2. The summed E-state index contributed by atoms with van der Waals surface area (Å²) in [6.45, 7) is 0. The first-order valence-corrected chi connectivity index (χ1v) is 14.7. The van der Waals surface area contributed by atoms with Crippen LogP contribution in [0.3, 0.4) is 0 Å². The van der Waals surface area contributed by atoms with Gasteiger partial charge in [-0.05, 0) is 121 Å². The first kappa shape index (κ1) is 29.1. The lowest BCUT2D eigenvalue weighted by Crippen LogP contribution is -2.05. The number of halogens is 3. The molecule has 6 rings (SSSR count). The van der Waals surface area contributed by atoms with E-state index in [9.17, 15) is 9.59 Å². The van der Waals surface area contributed by atoms with Crippen LogP contribution in [0.25, 0.3) is 0 Å². The zero-order chi connectivity index (χ0) is 27.8. The molecule has 2 heterocycles. The Hall–Kier alpha value is -2.87. The summed E-state index contributed by atoms with van der Waals surface area (Å²) in [6.07, 6.45) is 9.16. The van der Waals surface area contributed by atoms with Crippen molar-refractivity contribution < 1.29 is 9.59 Å². The van der Waals surface area contributed by atoms with Crippen molar-refractivity contribution in [2.75, 3.05) is 5.73 Å². The summed E-state index contributed by atoms with van der Waals surface area (Å²) in [5.74, 6) is 2.24. The number of carbonyl (C=O) groups is 2. The number of ketones is 1. The maximum atomic E-state index is 12.2. The Kier molecular flexibility index (Phi) is 10.4. The number of anilines is 1. The monoisotopic (exact) mass is 667 g/mol. The molecule has 0 saturated heterocycles. The number of hydrogen-bond acceptors (Lipinski definition) is 5. The van der Waals surface area contributed by atoms with Gasteiger partial charge in [0.2, 0.25) is 0 Å². The molecular formula is C31H28Br2ClN3O2. The second-order valence-electron chi connectivity index (χ2n) is 9.53. The molecular weight excluding hydrogens is 642 g/mol. The highest BCUT2D eigenvalue weighted by atomic mass is 79.9. The Morgan fingerprint density at radius 1 is 0.744 bits per heavy atom. The van der Waals surface area contributed by atoms with E-state index in [2.05, 4.69) is 54.0 Å².